The van der Waals surface area contributed by atoms with Gasteiger partial charge in [0.2, 0.25) is 6.10 Å². The Hall–Kier alpha value is -1.47. The van der Waals surface area contributed by atoms with Crippen LogP contribution in [-0.2, 0) is 23.9 Å². The van der Waals surface area contributed by atoms with E-state index in [2.05, 4.69) is 4.74 Å². The van der Waals surface area contributed by atoms with Gasteiger partial charge in [-0.1, -0.05) is 26.7 Å². The van der Waals surface area contributed by atoms with Gasteiger partial charge in [0, 0.05) is 0 Å². The van der Waals surface area contributed by atoms with Crippen molar-refractivity contribution >= 4 is 17.7 Å². The van der Waals surface area contributed by atoms with Crippen molar-refractivity contribution in [1.82, 2.24) is 0 Å². The van der Waals surface area contributed by atoms with Crippen LogP contribution in [-0.4, -0.2) is 52.9 Å². The number of carbonyl (C=O) groups excluding carboxylic acids is 3. The Kier molecular flexibility index (Phi) is 6.77. The quantitative estimate of drug-likeness (QED) is 0.478. The Bertz CT molecular complexity index is 393. The van der Waals surface area contributed by atoms with E-state index in [1.165, 1.54) is 0 Å². The molecular formula is C14H22O7. The van der Waals surface area contributed by atoms with Gasteiger partial charge in [-0.25, -0.2) is 4.79 Å². The highest BCUT2D eigenvalue weighted by Crippen LogP contribution is 2.22. The highest BCUT2D eigenvalue weighted by molar-refractivity contribution is 6.37. The summed E-state index contributed by atoms with van der Waals surface area (Å²) in [5.41, 5.74) is 0. The molecule has 0 radical (unpaired) electrons. The molecule has 2 unspecified atom stereocenters. The van der Waals surface area contributed by atoms with Crippen LogP contribution in [0.1, 0.15) is 39.5 Å². The zero-order valence-electron chi connectivity index (χ0n) is 12.3. The molecule has 1 fully saturated rings. The minimum atomic E-state index is -1.48. The minimum Gasteiger partial charge on any atom is -0.449 e. The third-order valence-corrected chi connectivity index (χ3v) is 3.54. The second-order valence-electron chi connectivity index (χ2n) is 5.09. The molecule has 7 nitrogen and oxygen atoms in total. The molecule has 0 aromatic carbocycles. The van der Waals surface area contributed by atoms with Crippen LogP contribution < -0.4 is 0 Å². The summed E-state index contributed by atoms with van der Waals surface area (Å²) in [6.45, 7) is 3.13. The highest BCUT2D eigenvalue weighted by Gasteiger charge is 2.50. The van der Waals surface area contributed by atoms with Crippen LogP contribution in [0.15, 0.2) is 0 Å². The summed E-state index contributed by atoms with van der Waals surface area (Å²) in [6, 6.07) is 0. The summed E-state index contributed by atoms with van der Waals surface area (Å²) in [5.74, 6) is -3.11. The van der Waals surface area contributed by atoms with Gasteiger partial charge < -0.3 is 19.7 Å². The maximum Gasteiger partial charge on any atom is 0.379 e. The van der Waals surface area contributed by atoms with Crippen molar-refractivity contribution in [2.75, 3.05) is 6.61 Å². The summed E-state index contributed by atoms with van der Waals surface area (Å²) in [7, 11) is 0. The summed E-state index contributed by atoms with van der Waals surface area (Å²) >= 11 is 0. The number of aliphatic hydroxyl groups is 2. The monoisotopic (exact) mass is 302 g/mol. The molecule has 0 amide bonds. The average Bonchev–Trinajstić information content (AvgIpc) is 2.75. The first-order valence-electron chi connectivity index (χ1n) is 7.20. The van der Waals surface area contributed by atoms with Gasteiger partial charge in [-0.3, -0.25) is 9.59 Å². The number of cyclic esters (lactones) is 1. The average molecular weight is 302 g/mol. The van der Waals surface area contributed by atoms with Crippen LogP contribution in [0, 0.1) is 5.92 Å². The number of Topliss-reactive ketones (excluding diaryl/α,β-unsaturated/α-hetero) is 1. The lowest BCUT2D eigenvalue weighted by molar-refractivity contribution is -0.165. The molecule has 0 spiro atoms. The fourth-order valence-corrected chi connectivity index (χ4v) is 2.17. The van der Waals surface area contributed by atoms with Gasteiger partial charge in [-0.05, 0) is 12.8 Å². The molecule has 7 heteroatoms. The van der Waals surface area contributed by atoms with E-state index < -0.39 is 42.6 Å². The van der Waals surface area contributed by atoms with Crippen molar-refractivity contribution < 1.29 is 34.1 Å². The number of rotatable bonds is 8. The molecule has 120 valence electrons. The first-order valence-corrected chi connectivity index (χ1v) is 7.20. The van der Waals surface area contributed by atoms with Crippen LogP contribution in [0.2, 0.25) is 0 Å². The van der Waals surface area contributed by atoms with Gasteiger partial charge in [0.25, 0.3) is 5.78 Å². The molecule has 1 heterocycles. The molecule has 1 aliphatic rings. The Labute approximate surface area is 123 Å². The van der Waals surface area contributed by atoms with E-state index in [0.29, 0.717) is 12.8 Å². The Morgan fingerprint density at radius 3 is 2.57 bits per heavy atom. The van der Waals surface area contributed by atoms with Crippen molar-refractivity contribution in [3.8, 4) is 0 Å². The molecule has 0 saturated carbocycles. The van der Waals surface area contributed by atoms with Gasteiger partial charge in [0.1, 0.15) is 6.10 Å². The van der Waals surface area contributed by atoms with E-state index in [-0.39, 0.29) is 5.92 Å². The van der Waals surface area contributed by atoms with E-state index in [9.17, 15) is 19.5 Å². The second kappa shape index (κ2) is 8.09. The SMILES string of the molecule is CCCCC(CC)C(=O)OC1C(=O)C(=O)O[C@@H]1[C@@H](O)CO. The van der Waals surface area contributed by atoms with E-state index in [1.807, 2.05) is 13.8 Å². The number of unbranched alkanes of at least 4 members (excludes halogenated alkanes) is 1. The number of hydrogen-bond acceptors (Lipinski definition) is 7. The molecule has 1 saturated heterocycles. The molecular weight excluding hydrogens is 280 g/mol. The van der Waals surface area contributed by atoms with Crippen LogP contribution in [0.5, 0.6) is 0 Å². The molecule has 0 aliphatic carbocycles. The number of ketones is 1. The third kappa shape index (κ3) is 4.25. The van der Waals surface area contributed by atoms with Gasteiger partial charge in [-0.15, -0.1) is 0 Å². The molecule has 2 N–H and O–H groups in total. The normalized spacial score (nSPS) is 24.6. The molecule has 0 aromatic rings. The number of aliphatic hydroxyl groups excluding tert-OH is 2. The van der Waals surface area contributed by atoms with E-state index >= 15 is 0 Å². The van der Waals surface area contributed by atoms with Gasteiger partial charge in [-0.2, -0.15) is 0 Å². The zero-order valence-corrected chi connectivity index (χ0v) is 12.3. The Morgan fingerprint density at radius 1 is 1.38 bits per heavy atom. The second-order valence-corrected chi connectivity index (χ2v) is 5.09. The highest BCUT2D eigenvalue weighted by atomic mass is 16.6. The van der Waals surface area contributed by atoms with Gasteiger partial charge in [0.15, 0.2) is 6.10 Å². The zero-order chi connectivity index (χ0) is 16.0. The molecule has 0 bridgehead atoms. The lowest BCUT2D eigenvalue weighted by Gasteiger charge is -2.22. The topological polar surface area (TPSA) is 110 Å². The fraction of sp³-hybridized carbons (Fsp3) is 0.786. The summed E-state index contributed by atoms with van der Waals surface area (Å²) in [4.78, 5) is 35.0. The number of carbonyl (C=O) groups is 3. The lowest BCUT2D eigenvalue weighted by atomic mass is 9.99. The van der Waals surface area contributed by atoms with E-state index in [4.69, 9.17) is 9.84 Å². The van der Waals surface area contributed by atoms with Gasteiger partial charge >= 0.3 is 11.9 Å². The van der Waals surface area contributed by atoms with Crippen molar-refractivity contribution in [2.45, 2.75) is 57.8 Å². The van der Waals surface area contributed by atoms with E-state index in [1.54, 1.807) is 0 Å². The number of hydrogen-bond donors (Lipinski definition) is 2. The summed E-state index contributed by atoms with van der Waals surface area (Å²) < 4.78 is 9.73. The summed E-state index contributed by atoms with van der Waals surface area (Å²) in [6.07, 6.45) is -1.32. The molecule has 1 rings (SSSR count). The van der Waals surface area contributed by atoms with Crippen molar-refractivity contribution in [3.05, 3.63) is 0 Å². The maximum atomic E-state index is 12.1. The van der Waals surface area contributed by atoms with Crippen LogP contribution in [0.25, 0.3) is 0 Å². The molecule has 4 atom stereocenters. The fourth-order valence-electron chi connectivity index (χ4n) is 2.17. The minimum absolute atomic E-state index is 0.361. The first kappa shape index (κ1) is 17.6. The van der Waals surface area contributed by atoms with Crippen LogP contribution in [0.4, 0.5) is 0 Å². The van der Waals surface area contributed by atoms with Gasteiger partial charge in [0.05, 0.1) is 12.5 Å². The maximum absolute atomic E-state index is 12.1. The number of esters is 2. The number of ether oxygens (including phenoxy) is 2. The largest absolute Gasteiger partial charge is 0.449 e. The predicted octanol–water partition coefficient (Wildman–Crippen LogP) is -0.0377. The molecule has 1 aliphatic heterocycles. The Balaban J connectivity index is 2.74. The van der Waals surface area contributed by atoms with Crippen molar-refractivity contribution in [1.29, 1.82) is 0 Å². The molecule has 0 aromatic heterocycles. The van der Waals surface area contributed by atoms with Crippen LogP contribution >= 0.6 is 0 Å². The molecule has 21 heavy (non-hydrogen) atoms. The Morgan fingerprint density at radius 2 is 2.05 bits per heavy atom. The predicted molar refractivity (Wildman–Crippen MR) is 71.2 cm³/mol. The first-order chi connectivity index (χ1) is 9.96. The van der Waals surface area contributed by atoms with Crippen molar-refractivity contribution in [3.63, 3.8) is 0 Å². The third-order valence-electron chi connectivity index (χ3n) is 3.54. The standard InChI is InChI=1S/C14H22O7/c1-3-5-6-8(4-2)13(18)21-12-10(17)14(19)20-11(12)9(16)7-15/h8-9,11-12,15-16H,3-7H2,1-2H3/t8?,9-,11+,12?/m0/s1. The van der Waals surface area contributed by atoms with E-state index in [0.717, 1.165) is 12.8 Å². The van der Waals surface area contributed by atoms with Crippen LogP contribution in [0.3, 0.4) is 0 Å². The summed E-state index contributed by atoms with van der Waals surface area (Å²) in [5, 5.41) is 18.4. The lowest BCUT2D eigenvalue weighted by Crippen LogP contribution is -2.42. The smallest absolute Gasteiger partial charge is 0.379 e. The van der Waals surface area contributed by atoms with Crippen molar-refractivity contribution in [2.24, 2.45) is 5.92 Å².